The largest absolute Gasteiger partial charge is 0.416 e. The molecule has 154 valence electrons. The van der Waals surface area contributed by atoms with Gasteiger partial charge in [-0.25, -0.2) is 4.98 Å². The monoisotopic (exact) mass is 402 g/mol. The molecule has 0 radical (unpaired) electrons. The summed E-state index contributed by atoms with van der Waals surface area (Å²) in [5.74, 6) is -0.0924. The van der Waals surface area contributed by atoms with Crippen LogP contribution in [0.1, 0.15) is 56.1 Å². The summed E-state index contributed by atoms with van der Waals surface area (Å²) in [6, 6.07) is 10.2. The van der Waals surface area contributed by atoms with Gasteiger partial charge in [0.15, 0.2) is 0 Å². The van der Waals surface area contributed by atoms with E-state index in [4.69, 9.17) is 0 Å². The Morgan fingerprint density at radius 1 is 1.07 bits per heavy atom. The number of likely N-dealkylation sites (tertiary alicyclic amines) is 1. The minimum Gasteiger partial charge on any atom is -0.334 e. The van der Waals surface area contributed by atoms with Gasteiger partial charge in [-0.3, -0.25) is 4.79 Å². The third kappa shape index (κ3) is 3.89. The van der Waals surface area contributed by atoms with E-state index < -0.39 is 11.7 Å². The van der Waals surface area contributed by atoms with Gasteiger partial charge in [0.05, 0.1) is 11.3 Å². The van der Waals surface area contributed by atoms with Crippen LogP contribution in [-0.4, -0.2) is 28.4 Å². The second-order valence-electron chi connectivity index (χ2n) is 9.63. The number of benzene rings is 1. The third-order valence-electron chi connectivity index (χ3n) is 6.15. The average Bonchev–Trinajstić information content (AvgIpc) is 2.89. The molecule has 0 unspecified atom stereocenters. The van der Waals surface area contributed by atoms with E-state index in [1.54, 1.807) is 18.2 Å². The minimum atomic E-state index is -4.37. The number of rotatable bonds is 2. The lowest BCUT2D eigenvalue weighted by Crippen LogP contribution is -2.38. The van der Waals surface area contributed by atoms with E-state index in [0.29, 0.717) is 17.0 Å². The van der Waals surface area contributed by atoms with Gasteiger partial charge in [0.2, 0.25) is 0 Å². The molecule has 4 rings (SSSR count). The number of nitrogens with zero attached hydrogens (tertiary/aromatic N) is 2. The first-order valence-electron chi connectivity index (χ1n) is 9.92. The molecule has 3 nitrogen and oxygen atoms in total. The molecule has 1 aliphatic heterocycles. The first-order valence-corrected chi connectivity index (χ1v) is 9.92. The fourth-order valence-electron chi connectivity index (χ4n) is 5.39. The first-order chi connectivity index (χ1) is 13.5. The Kier molecular flexibility index (Phi) is 4.52. The molecule has 6 heteroatoms. The lowest BCUT2D eigenvalue weighted by Gasteiger charge is -2.39. The fraction of sp³-hybridized carbons (Fsp3) is 0.478. The SMILES string of the molecule is CC1(C)C[C@@H]2C[C@@](C)(CN2C(=O)c2cccc(-c3ccc(C(F)(F)F)cc3)n2)C1. The molecule has 1 amide bonds. The van der Waals surface area contributed by atoms with E-state index in [1.807, 2.05) is 4.90 Å². The summed E-state index contributed by atoms with van der Waals surface area (Å²) in [4.78, 5) is 19.7. The molecule has 29 heavy (non-hydrogen) atoms. The van der Waals surface area contributed by atoms with Gasteiger partial charge in [0.25, 0.3) is 5.91 Å². The summed E-state index contributed by atoms with van der Waals surface area (Å²) in [7, 11) is 0. The first kappa shape index (κ1) is 19.9. The maximum Gasteiger partial charge on any atom is 0.416 e. The number of amides is 1. The molecule has 2 heterocycles. The molecule has 2 aromatic rings. The predicted molar refractivity (Wildman–Crippen MR) is 105 cm³/mol. The number of hydrogen-bond acceptors (Lipinski definition) is 2. The number of alkyl halides is 3. The van der Waals surface area contributed by atoms with E-state index in [2.05, 4.69) is 25.8 Å². The van der Waals surface area contributed by atoms with Crippen molar-refractivity contribution >= 4 is 5.91 Å². The molecule has 1 aromatic heterocycles. The number of fused-ring (bicyclic) bond motifs is 2. The maximum atomic E-state index is 13.2. The summed E-state index contributed by atoms with van der Waals surface area (Å²) in [6.45, 7) is 7.50. The van der Waals surface area contributed by atoms with Crippen molar-refractivity contribution in [2.24, 2.45) is 10.8 Å². The van der Waals surface area contributed by atoms with Crippen LogP contribution in [0.15, 0.2) is 42.5 Å². The molecular formula is C23H25F3N2O. The van der Waals surface area contributed by atoms with Crippen LogP contribution in [0.5, 0.6) is 0 Å². The molecule has 1 aromatic carbocycles. The zero-order valence-corrected chi connectivity index (χ0v) is 16.9. The Balaban J connectivity index is 1.59. The highest BCUT2D eigenvalue weighted by Gasteiger charge is 2.51. The molecular weight excluding hydrogens is 377 g/mol. The van der Waals surface area contributed by atoms with Crippen molar-refractivity contribution in [2.75, 3.05) is 6.54 Å². The highest BCUT2D eigenvalue weighted by molar-refractivity contribution is 5.93. The van der Waals surface area contributed by atoms with E-state index >= 15 is 0 Å². The van der Waals surface area contributed by atoms with Gasteiger partial charge in [0, 0.05) is 18.2 Å². The van der Waals surface area contributed by atoms with Crippen LogP contribution in [0.3, 0.4) is 0 Å². The Bertz CT molecular complexity index is 936. The number of carbonyl (C=O) groups is 1. The molecule has 1 aliphatic carbocycles. The van der Waals surface area contributed by atoms with Crippen molar-refractivity contribution in [3.63, 3.8) is 0 Å². The van der Waals surface area contributed by atoms with Crippen LogP contribution < -0.4 is 0 Å². The predicted octanol–water partition coefficient (Wildman–Crippen LogP) is 5.81. The average molecular weight is 402 g/mol. The van der Waals surface area contributed by atoms with Crippen LogP contribution >= 0.6 is 0 Å². The van der Waals surface area contributed by atoms with Gasteiger partial charge in [-0.2, -0.15) is 13.2 Å². The topological polar surface area (TPSA) is 33.2 Å². The van der Waals surface area contributed by atoms with Gasteiger partial charge < -0.3 is 4.90 Å². The van der Waals surface area contributed by atoms with Gasteiger partial charge in [-0.15, -0.1) is 0 Å². The van der Waals surface area contributed by atoms with Crippen LogP contribution in [-0.2, 0) is 6.18 Å². The molecule has 2 fully saturated rings. The van der Waals surface area contributed by atoms with Crippen molar-refractivity contribution in [3.05, 3.63) is 53.7 Å². The number of pyridine rings is 1. The lowest BCUT2D eigenvalue weighted by molar-refractivity contribution is -0.137. The van der Waals surface area contributed by atoms with E-state index in [0.717, 1.165) is 37.9 Å². The summed E-state index contributed by atoms with van der Waals surface area (Å²) in [5, 5.41) is 0. The summed E-state index contributed by atoms with van der Waals surface area (Å²) < 4.78 is 38.4. The zero-order chi connectivity index (χ0) is 21.0. The van der Waals surface area contributed by atoms with Gasteiger partial charge in [-0.05, 0) is 54.4 Å². The number of aromatic nitrogens is 1. The molecule has 1 saturated heterocycles. The molecule has 1 saturated carbocycles. The van der Waals surface area contributed by atoms with Crippen molar-refractivity contribution < 1.29 is 18.0 Å². The second kappa shape index (κ2) is 6.57. The molecule has 2 atom stereocenters. The third-order valence-corrected chi connectivity index (χ3v) is 6.15. The number of halogens is 3. The molecule has 0 spiro atoms. The van der Waals surface area contributed by atoms with Crippen molar-refractivity contribution in [2.45, 2.75) is 52.3 Å². The van der Waals surface area contributed by atoms with Crippen LogP contribution in [0.4, 0.5) is 13.2 Å². The van der Waals surface area contributed by atoms with Crippen LogP contribution in [0.2, 0.25) is 0 Å². The van der Waals surface area contributed by atoms with Crippen LogP contribution in [0, 0.1) is 10.8 Å². The van der Waals surface area contributed by atoms with Gasteiger partial charge in [0.1, 0.15) is 5.69 Å². The minimum absolute atomic E-state index is 0.0924. The lowest BCUT2D eigenvalue weighted by atomic mass is 9.65. The normalized spacial score (nSPS) is 25.9. The Labute approximate surface area is 168 Å². The summed E-state index contributed by atoms with van der Waals surface area (Å²) >= 11 is 0. The highest BCUT2D eigenvalue weighted by Crippen LogP contribution is 2.52. The van der Waals surface area contributed by atoms with E-state index in [9.17, 15) is 18.0 Å². The summed E-state index contributed by atoms with van der Waals surface area (Å²) in [6.07, 6.45) is -1.28. The smallest absolute Gasteiger partial charge is 0.334 e. The van der Waals surface area contributed by atoms with Crippen LogP contribution in [0.25, 0.3) is 11.3 Å². The quantitative estimate of drug-likeness (QED) is 0.635. The maximum absolute atomic E-state index is 13.2. The fourth-order valence-corrected chi connectivity index (χ4v) is 5.39. The summed E-state index contributed by atoms with van der Waals surface area (Å²) in [5.41, 5.74) is 1.04. The Hall–Kier alpha value is -2.37. The van der Waals surface area contributed by atoms with Crippen molar-refractivity contribution in [3.8, 4) is 11.3 Å². The number of hydrogen-bond donors (Lipinski definition) is 0. The highest BCUT2D eigenvalue weighted by atomic mass is 19.4. The molecule has 2 aliphatic rings. The van der Waals surface area contributed by atoms with E-state index in [1.165, 1.54) is 12.1 Å². The molecule has 0 N–H and O–H groups in total. The zero-order valence-electron chi connectivity index (χ0n) is 16.9. The second-order valence-corrected chi connectivity index (χ2v) is 9.63. The molecule has 2 bridgehead atoms. The standard InChI is InChI=1S/C23H25F3N2O/c1-21(2)11-17-12-22(3,13-21)14-28(17)20(29)19-6-4-5-18(27-19)15-7-9-16(10-8-15)23(24,25)26/h4-10,17H,11-14H2,1-3H3/t17-,22-/m1/s1. The van der Waals surface area contributed by atoms with Crippen molar-refractivity contribution in [1.82, 2.24) is 9.88 Å². The van der Waals surface area contributed by atoms with Gasteiger partial charge >= 0.3 is 6.18 Å². The Morgan fingerprint density at radius 2 is 1.76 bits per heavy atom. The van der Waals surface area contributed by atoms with E-state index in [-0.39, 0.29) is 22.8 Å². The van der Waals surface area contributed by atoms with Crippen molar-refractivity contribution in [1.29, 1.82) is 0 Å². The number of carbonyl (C=O) groups excluding carboxylic acids is 1. The Morgan fingerprint density at radius 3 is 2.41 bits per heavy atom. The van der Waals surface area contributed by atoms with Gasteiger partial charge in [-0.1, -0.05) is 39.0 Å².